The van der Waals surface area contributed by atoms with Crippen molar-refractivity contribution in [2.24, 2.45) is 0 Å². The minimum Gasteiger partial charge on any atom is -0.481 e. The van der Waals surface area contributed by atoms with Gasteiger partial charge < -0.3 is 59.2 Å². The Morgan fingerprint density at radius 1 is 0.571 bits per heavy atom. The van der Waals surface area contributed by atoms with Gasteiger partial charge in [-0.3, -0.25) is 14.4 Å². The van der Waals surface area contributed by atoms with Gasteiger partial charge in [0.1, 0.15) is 5.78 Å². The van der Waals surface area contributed by atoms with Crippen LogP contribution in [0.5, 0.6) is 0 Å². The highest BCUT2D eigenvalue weighted by Crippen LogP contribution is 2.23. The van der Waals surface area contributed by atoms with E-state index in [-0.39, 0.29) is 72.9 Å². The third kappa shape index (κ3) is 29.2. The molecule has 5 N–H and O–H groups in total. The Labute approximate surface area is 434 Å². The van der Waals surface area contributed by atoms with Crippen molar-refractivity contribution in [2.75, 3.05) is 115 Å². The van der Waals surface area contributed by atoms with Crippen LogP contribution < -0.4 is 9.80 Å². The molecule has 0 aliphatic heterocycles. The molecule has 0 radical (unpaired) electrons. The Morgan fingerprint density at radius 2 is 0.943 bits per heavy atom. The van der Waals surface area contributed by atoms with E-state index >= 15 is 0 Å². The maximum absolute atomic E-state index is 12.7. The van der Waals surface area contributed by atoms with Crippen LogP contribution in [0.1, 0.15) is 116 Å². The van der Waals surface area contributed by atoms with Crippen molar-refractivity contribution in [3.05, 3.63) is 58.7 Å². The number of hydrogen-bond donors (Lipinski definition) is 5. The summed E-state index contributed by atoms with van der Waals surface area (Å²) in [6.45, 7) is 21.4. The maximum atomic E-state index is 12.7. The van der Waals surface area contributed by atoms with Gasteiger partial charge in [-0.2, -0.15) is 0 Å². The molecular weight excluding hydrogens is 975 g/mol. The van der Waals surface area contributed by atoms with Crippen LogP contribution in [0.2, 0.25) is 0 Å². The average Bonchev–Trinajstić information content (AvgIpc) is 3.33. The summed E-state index contributed by atoms with van der Waals surface area (Å²) in [5.74, 6) is -0.444. The molecule has 404 valence electrons. The average molecular weight is 1060 g/mol. The molecule has 0 aromatic heterocycles. The van der Waals surface area contributed by atoms with Crippen LogP contribution in [0.15, 0.2) is 36.4 Å². The summed E-state index contributed by atoms with van der Waals surface area (Å²) >= 11 is 10.5. The molecule has 2 aromatic carbocycles. The molecule has 2 atom stereocenters. The second-order valence-corrected chi connectivity index (χ2v) is 24.8. The molecule has 0 saturated carbocycles. The monoisotopic (exact) mass is 1060 g/mol. The van der Waals surface area contributed by atoms with Gasteiger partial charge in [-0.05, 0) is 112 Å². The fraction of sp³-hybridized carbons (Fsp3) is 0.706. The number of ketones is 1. The smallest absolute Gasteiger partial charge is 0.303 e. The molecule has 70 heavy (non-hydrogen) atoms. The normalized spacial score (nSPS) is 12.3. The zero-order valence-electron chi connectivity index (χ0n) is 44.0. The summed E-state index contributed by atoms with van der Waals surface area (Å²) in [6.07, 6.45) is 8.26. The molecule has 2 unspecified atom stereocenters. The van der Waals surface area contributed by atoms with Gasteiger partial charge in [0.15, 0.2) is 0 Å². The summed E-state index contributed by atoms with van der Waals surface area (Å²) in [4.78, 5) is 40.7. The third-order valence-corrected chi connectivity index (χ3v) is 17.1. The largest absolute Gasteiger partial charge is 0.481 e. The number of Topliss-reactive ketones (excluding diaryl/α,β-unsaturated/α-hetero) is 1. The summed E-state index contributed by atoms with van der Waals surface area (Å²) < 4.78 is 21.8. The molecule has 0 fully saturated rings. The number of ether oxygens (including phenoxy) is 4. The van der Waals surface area contributed by atoms with Crippen molar-refractivity contribution < 1.29 is 58.9 Å². The first-order valence-electron chi connectivity index (χ1n) is 24.3. The van der Waals surface area contributed by atoms with Crippen molar-refractivity contribution in [1.82, 2.24) is 4.90 Å². The molecule has 1 amide bonds. The standard InChI is InChI=1S/C25H44N2O5S2.C19H31NO6.C7H14OS2/c1-6-11-31-13-14-32-12-10-27(23-16-21(18-28)15-22(17-23)19-29)9-7-8-24(30)26(4)20-25(2,3)34(5)33;1-2-7-25-9-10-26-8-6-20(5-3-4-19(23)24)18-12-16(14-21)11-17(13-18)15-22;1-5-6(8)7(2,3)10(4)9/h15-17,28-29H,6-14,18-20H2,1-5H3;11-13,21-22H,2-10,14-15H2,1H3,(H,23,24);5H2,1-4H3. The first-order chi connectivity index (χ1) is 33.2. The van der Waals surface area contributed by atoms with Crippen LogP contribution >= 0.6 is 0 Å². The van der Waals surface area contributed by atoms with Gasteiger partial charge in [0.05, 0.1) is 70.8 Å². The molecule has 0 spiro atoms. The molecule has 0 aliphatic carbocycles. The third-order valence-electron chi connectivity index (χ3n) is 11.2. The van der Waals surface area contributed by atoms with Gasteiger partial charge in [-0.25, -0.2) is 0 Å². The summed E-state index contributed by atoms with van der Waals surface area (Å²) in [7, 11) is 1.42. The number of carbonyl (C=O) groups excluding carboxylic acids is 2. The number of hydrogen-bond acceptors (Lipinski definition) is 15. The number of anilines is 2. The topological polar surface area (TPSA) is 199 Å². The molecular formula is C51H89N3O12S4. The Kier molecular flexibility index (Phi) is 37.6. The van der Waals surface area contributed by atoms with Gasteiger partial charge in [-0.1, -0.05) is 55.3 Å². The first kappa shape index (κ1) is 67.5. The molecule has 0 bridgehead atoms. The summed E-state index contributed by atoms with van der Waals surface area (Å²) in [6, 6.07) is 11.1. The fourth-order valence-corrected chi connectivity index (χ4v) is 7.89. The quantitative estimate of drug-likeness (QED) is 0.0506. The highest BCUT2D eigenvalue weighted by Gasteiger charge is 2.27. The Hall–Kier alpha value is -2.53. The molecule has 0 heterocycles. The van der Waals surface area contributed by atoms with Crippen LogP contribution in [0.4, 0.5) is 11.4 Å². The number of carbonyl (C=O) groups is 3. The van der Waals surface area contributed by atoms with Crippen molar-refractivity contribution in [3.8, 4) is 0 Å². The van der Waals surface area contributed by atoms with Crippen molar-refractivity contribution in [2.45, 2.75) is 129 Å². The van der Waals surface area contributed by atoms with E-state index in [1.807, 2.05) is 69.5 Å². The minimum absolute atomic E-state index is 0.0879. The highest BCUT2D eigenvalue weighted by molar-refractivity contribution is 8.29. The second kappa shape index (κ2) is 39.0. The van der Waals surface area contributed by atoms with Crippen LogP contribution in [-0.4, -0.2) is 163 Å². The predicted octanol–water partition coefficient (Wildman–Crippen LogP) is 5.89. The number of amides is 1. The highest BCUT2D eigenvalue weighted by atomic mass is 32.8. The lowest BCUT2D eigenvalue weighted by Gasteiger charge is -2.31. The van der Waals surface area contributed by atoms with Gasteiger partial charge in [0.25, 0.3) is 0 Å². The van der Waals surface area contributed by atoms with E-state index in [0.29, 0.717) is 109 Å². The van der Waals surface area contributed by atoms with Crippen molar-refractivity contribution in [3.63, 3.8) is 0 Å². The number of rotatable bonds is 36. The molecule has 2 aromatic rings. The van der Waals surface area contributed by atoms with E-state index in [4.69, 9.17) is 46.4 Å². The Balaban J connectivity index is 0.00000116. The fourth-order valence-electron chi connectivity index (χ4n) is 6.61. The SMILES string of the molecule is CCC(=O)C(C)(C)S(C)=S.CCCOCCOCCN(CCCC(=O)N(C)CC(C)(C)S(C)=S)c1cc(CO)cc(CO)c1.CCCOCCOCCN(CCCC(=O)O)c1cc(CO)cc(CO)c1. The molecule has 0 saturated heterocycles. The Bertz CT molecular complexity index is 1780. The van der Waals surface area contributed by atoms with Gasteiger partial charge in [-0.15, -0.1) is 18.9 Å². The first-order valence-corrected chi connectivity index (χ1v) is 29.4. The van der Waals surface area contributed by atoms with Gasteiger partial charge in [0.2, 0.25) is 5.91 Å². The molecule has 19 heteroatoms. The van der Waals surface area contributed by atoms with Crippen molar-refractivity contribution >= 4 is 70.3 Å². The van der Waals surface area contributed by atoms with E-state index in [1.54, 1.807) is 17.0 Å². The van der Waals surface area contributed by atoms with Gasteiger partial charge >= 0.3 is 5.97 Å². The number of aliphatic carboxylic acids is 1. The lowest BCUT2D eigenvalue weighted by Crippen LogP contribution is -2.42. The van der Waals surface area contributed by atoms with Gasteiger partial charge in [0, 0.05) is 88.4 Å². The Morgan fingerprint density at radius 3 is 1.24 bits per heavy atom. The molecule has 15 nitrogen and oxygen atoms in total. The number of carboxylic acids is 1. The van der Waals surface area contributed by atoms with Crippen LogP contribution in [0, 0.1) is 0 Å². The molecule has 0 aliphatic rings. The van der Waals surface area contributed by atoms with E-state index in [2.05, 4.69) is 32.6 Å². The number of carboxylic acid groups (broad SMARTS) is 1. The van der Waals surface area contributed by atoms with Crippen LogP contribution in [0.25, 0.3) is 0 Å². The van der Waals surface area contributed by atoms with E-state index in [9.17, 15) is 34.8 Å². The van der Waals surface area contributed by atoms with Crippen LogP contribution in [0.3, 0.4) is 0 Å². The minimum atomic E-state index is -0.825. The van der Waals surface area contributed by atoms with E-state index in [0.717, 1.165) is 48.6 Å². The van der Waals surface area contributed by atoms with E-state index < -0.39 is 5.97 Å². The lowest BCUT2D eigenvalue weighted by atomic mass is 10.1. The summed E-state index contributed by atoms with van der Waals surface area (Å²) in [5, 5.41) is 46.9. The van der Waals surface area contributed by atoms with Crippen molar-refractivity contribution in [1.29, 1.82) is 0 Å². The van der Waals surface area contributed by atoms with Crippen LogP contribution in [-0.2, 0) is 101 Å². The molecule has 2 rings (SSSR count). The number of aliphatic hydroxyl groups is 4. The predicted molar refractivity (Wildman–Crippen MR) is 293 cm³/mol. The lowest BCUT2D eigenvalue weighted by molar-refractivity contribution is -0.137. The zero-order valence-corrected chi connectivity index (χ0v) is 47.3. The summed E-state index contributed by atoms with van der Waals surface area (Å²) in [5.41, 5.74) is 4.67. The maximum Gasteiger partial charge on any atom is 0.303 e. The van der Waals surface area contributed by atoms with E-state index in [1.165, 1.54) is 0 Å². The number of benzene rings is 2. The number of aliphatic hydroxyl groups excluding tert-OH is 4. The zero-order chi connectivity index (χ0) is 53.1. The second-order valence-electron chi connectivity index (χ2n) is 17.9. The number of nitrogens with zero attached hydrogens (tertiary/aromatic N) is 3.